The van der Waals surface area contributed by atoms with E-state index in [2.05, 4.69) is 0 Å². The van der Waals surface area contributed by atoms with Gasteiger partial charge >= 0.3 is 0 Å². The summed E-state index contributed by atoms with van der Waals surface area (Å²) in [6, 6.07) is 5.73. The van der Waals surface area contributed by atoms with Crippen molar-refractivity contribution in [1.82, 2.24) is 0 Å². The first-order valence-electron chi connectivity index (χ1n) is 4.21. The maximum atomic E-state index is 8.69. The number of hydrogen-bond acceptors (Lipinski definition) is 3. The molecule has 0 aliphatic heterocycles. The second-order valence-corrected chi connectivity index (χ2v) is 3.68. The van der Waals surface area contributed by atoms with Crippen LogP contribution < -0.4 is 0 Å². The van der Waals surface area contributed by atoms with Crippen LogP contribution in [0.25, 0.3) is 0 Å². The van der Waals surface area contributed by atoms with Crippen LogP contribution in [0.15, 0.2) is 22.8 Å². The Balaban J connectivity index is 3.14. The average molecular weight is 183 g/mol. The molecule has 0 aromatic heterocycles. The Morgan fingerprint density at radius 2 is 1.86 bits per heavy atom. The molecule has 0 radical (unpaired) electrons. The van der Waals surface area contributed by atoms with Crippen molar-refractivity contribution in [2.24, 2.45) is 5.41 Å². The molecular weight excluding hydrogens is 174 g/mol. The lowest BCUT2D eigenvalue weighted by Crippen LogP contribution is -2.30. The Morgan fingerprint density at radius 3 is 2.21 bits per heavy atom. The Labute approximate surface area is 83.2 Å². The Kier molecular flexibility index (Phi) is 2.41. The number of nitrogens with zero attached hydrogens (tertiary/aromatic N) is 3. The second kappa shape index (κ2) is 3.36. The van der Waals surface area contributed by atoms with Gasteiger partial charge in [0.1, 0.15) is 17.7 Å². The van der Waals surface area contributed by atoms with Gasteiger partial charge in [0.15, 0.2) is 0 Å². The molecule has 0 bridgehead atoms. The molecule has 0 spiro atoms. The third kappa shape index (κ3) is 1.28. The Bertz CT molecular complexity index is 428. The third-order valence-electron chi connectivity index (χ3n) is 2.69. The van der Waals surface area contributed by atoms with Crippen molar-refractivity contribution in [3.8, 4) is 18.2 Å². The summed E-state index contributed by atoms with van der Waals surface area (Å²) in [5.41, 5.74) is 1.71. The van der Waals surface area contributed by atoms with Gasteiger partial charge in [0.2, 0.25) is 0 Å². The molecule has 3 heteroatoms. The summed E-state index contributed by atoms with van der Waals surface area (Å²) in [6.45, 7) is 3.84. The number of nitriles is 3. The van der Waals surface area contributed by atoms with Crippen LogP contribution in [0.3, 0.4) is 0 Å². The molecule has 1 saturated carbocycles. The van der Waals surface area contributed by atoms with Gasteiger partial charge < -0.3 is 0 Å². The van der Waals surface area contributed by atoms with Crippen molar-refractivity contribution in [1.29, 1.82) is 15.8 Å². The van der Waals surface area contributed by atoms with Crippen LogP contribution in [-0.2, 0) is 0 Å². The van der Waals surface area contributed by atoms with Crippen molar-refractivity contribution < 1.29 is 0 Å². The highest BCUT2D eigenvalue weighted by Crippen LogP contribution is 2.51. The third-order valence-corrected chi connectivity index (χ3v) is 2.69. The Hall–Kier alpha value is -2.05. The van der Waals surface area contributed by atoms with Crippen molar-refractivity contribution in [3.63, 3.8) is 0 Å². The summed E-state index contributed by atoms with van der Waals surface area (Å²) < 4.78 is 0. The van der Waals surface area contributed by atoms with E-state index in [0.29, 0.717) is 6.42 Å². The summed E-state index contributed by atoms with van der Waals surface area (Å²) in [4.78, 5) is 0. The molecule has 0 unspecified atom stereocenters. The molecule has 1 aliphatic rings. The lowest BCUT2D eigenvalue weighted by Gasteiger charge is -2.41. The number of rotatable bonds is 0. The van der Waals surface area contributed by atoms with E-state index in [1.54, 1.807) is 0 Å². The minimum atomic E-state index is -0.295. The first-order valence-corrected chi connectivity index (χ1v) is 4.21. The normalized spacial score (nSPS) is 20.2. The molecule has 1 rings (SSSR count). The maximum Gasteiger partial charge on any atom is 0.130 e. The molecule has 1 aliphatic carbocycles. The zero-order valence-electron chi connectivity index (χ0n) is 8.13. The van der Waals surface area contributed by atoms with E-state index in [-0.39, 0.29) is 11.0 Å². The fourth-order valence-electron chi connectivity index (χ4n) is 1.59. The number of hydrogen-bond donors (Lipinski definition) is 0. The lowest BCUT2D eigenvalue weighted by molar-refractivity contribution is 0.431. The first kappa shape index (κ1) is 10.0. The summed E-state index contributed by atoms with van der Waals surface area (Å²) in [5, 5.41) is 25.9. The lowest BCUT2D eigenvalue weighted by atomic mass is 9.61. The molecule has 1 fully saturated rings. The largest absolute Gasteiger partial charge is 0.193 e. The van der Waals surface area contributed by atoms with Crippen LogP contribution in [0.1, 0.15) is 20.3 Å². The van der Waals surface area contributed by atoms with E-state index in [0.717, 1.165) is 11.1 Å². The van der Waals surface area contributed by atoms with Gasteiger partial charge in [-0.1, -0.05) is 13.8 Å². The molecule has 3 nitrogen and oxygen atoms in total. The monoisotopic (exact) mass is 183 g/mol. The summed E-state index contributed by atoms with van der Waals surface area (Å²) in [6.07, 6.45) is 2.08. The minimum absolute atomic E-state index is 0.185. The Morgan fingerprint density at radius 1 is 1.29 bits per heavy atom. The molecule has 0 saturated heterocycles. The van der Waals surface area contributed by atoms with Gasteiger partial charge in [-0.25, -0.2) is 0 Å². The van der Waals surface area contributed by atoms with Crippen LogP contribution in [0.4, 0.5) is 0 Å². The van der Waals surface area contributed by atoms with Crippen molar-refractivity contribution in [2.45, 2.75) is 20.3 Å². The molecule has 0 aromatic carbocycles. The zero-order chi connectivity index (χ0) is 10.8. The predicted octanol–water partition coefficient (Wildman–Crippen LogP) is 2.21. The minimum Gasteiger partial charge on any atom is -0.193 e. The average Bonchev–Trinajstić information content (AvgIpc) is 2.17. The first-order chi connectivity index (χ1) is 6.57. The maximum absolute atomic E-state index is 8.69. The van der Waals surface area contributed by atoms with Gasteiger partial charge in [-0.15, -0.1) is 0 Å². The highest BCUT2D eigenvalue weighted by Gasteiger charge is 2.40. The second-order valence-electron chi connectivity index (χ2n) is 3.68. The molecule has 14 heavy (non-hydrogen) atoms. The molecular formula is C11H9N3. The van der Waals surface area contributed by atoms with Crippen molar-refractivity contribution in [2.75, 3.05) is 0 Å². The van der Waals surface area contributed by atoms with Crippen LogP contribution in [0, 0.1) is 39.4 Å². The van der Waals surface area contributed by atoms with Gasteiger partial charge in [-0.3, -0.25) is 0 Å². The fraction of sp³-hybridized carbons (Fsp3) is 0.364. The van der Waals surface area contributed by atoms with Gasteiger partial charge in [0.25, 0.3) is 0 Å². The molecule has 0 N–H and O–H groups in total. The molecule has 68 valence electrons. The van der Waals surface area contributed by atoms with Gasteiger partial charge in [-0.2, -0.15) is 15.8 Å². The molecule has 0 atom stereocenters. The standard InChI is InChI=1S/C11H9N3/c1-11(2)9(3-4-12)5-10(11)8(6-13)7-14/h3H,5H2,1-2H3. The SMILES string of the molecule is CC1(C)C(=CC#N)CC1=C(C#N)C#N. The van der Waals surface area contributed by atoms with Gasteiger partial charge in [0.05, 0.1) is 6.07 Å². The summed E-state index contributed by atoms with van der Waals surface area (Å²) in [5.74, 6) is 0. The highest BCUT2D eigenvalue weighted by molar-refractivity contribution is 5.54. The van der Waals surface area contributed by atoms with E-state index in [9.17, 15) is 0 Å². The fourth-order valence-corrected chi connectivity index (χ4v) is 1.59. The zero-order valence-corrected chi connectivity index (χ0v) is 8.13. The smallest absolute Gasteiger partial charge is 0.130 e. The van der Waals surface area contributed by atoms with Gasteiger partial charge in [0, 0.05) is 11.5 Å². The van der Waals surface area contributed by atoms with E-state index in [1.165, 1.54) is 6.08 Å². The summed E-state index contributed by atoms with van der Waals surface area (Å²) in [7, 11) is 0. The van der Waals surface area contributed by atoms with Crippen LogP contribution in [0.2, 0.25) is 0 Å². The quantitative estimate of drug-likeness (QED) is 0.540. The van der Waals surface area contributed by atoms with Gasteiger partial charge in [-0.05, 0) is 17.6 Å². The van der Waals surface area contributed by atoms with E-state index < -0.39 is 0 Å². The van der Waals surface area contributed by atoms with Crippen molar-refractivity contribution >= 4 is 0 Å². The number of allylic oxidation sites excluding steroid dienone is 4. The van der Waals surface area contributed by atoms with Crippen LogP contribution in [0.5, 0.6) is 0 Å². The van der Waals surface area contributed by atoms with Crippen molar-refractivity contribution in [3.05, 3.63) is 22.8 Å². The topological polar surface area (TPSA) is 71.4 Å². The molecule has 0 amide bonds. The van der Waals surface area contributed by atoms with E-state index in [1.807, 2.05) is 32.1 Å². The van der Waals surface area contributed by atoms with Crippen LogP contribution >= 0.6 is 0 Å². The van der Waals surface area contributed by atoms with E-state index in [4.69, 9.17) is 15.8 Å². The highest BCUT2D eigenvalue weighted by atomic mass is 14.4. The van der Waals surface area contributed by atoms with E-state index >= 15 is 0 Å². The molecule has 0 aromatic rings. The predicted molar refractivity (Wildman–Crippen MR) is 50.3 cm³/mol. The molecule has 0 heterocycles. The van der Waals surface area contributed by atoms with Crippen LogP contribution in [-0.4, -0.2) is 0 Å². The summed E-state index contributed by atoms with van der Waals surface area (Å²) >= 11 is 0.